The summed E-state index contributed by atoms with van der Waals surface area (Å²) in [5.74, 6) is 0. The zero-order valence-corrected chi connectivity index (χ0v) is 12.0. The number of piperidine rings is 1. The Bertz CT molecular complexity index is 225. The molecule has 0 amide bonds. The Balaban J connectivity index is 1.69. The van der Waals surface area contributed by atoms with Crippen LogP contribution in [0.15, 0.2) is 0 Å². The van der Waals surface area contributed by atoms with Gasteiger partial charge in [-0.25, -0.2) is 0 Å². The number of nitrogens with one attached hydrogen (secondary N) is 1. The smallest absolute Gasteiger partial charge is 0.0585 e. The number of likely N-dealkylation sites (N-methyl/N-ethyl adjacent to an activating group) is 1. The summed E-state index contributed by atoms with van der Waals surface area (Å²) in [6.07, 6.45) is 11.3. The summed E-state index contributed by atoms with van der Waals surface area (Å²) in [5.41, 5.74) is 0.716. The molecular weight excluding hydrogens is 224 g/mol. The Labute approximate surface area is 112 Å². The van der Waals surface area contributed by atoms with Crippen molar-refractivity contribution in [1.82, 2.24) is 10.2 Å². The molecule has 106 valence electrons. The summed E-state index contributed by atoms with van der Waals surface area (Å²) in [7, 11) is 1.94. The van der Waals surface area contributed by atoms with E-state index in [1.165, 1.54) is 58.0 Å². The van der Waals surface area contributed by atoms with E-state index in [-0.39, 0.29) is 12.6 Å². The van der Waals surface area contributed by atoms with Gasteiger partial charge in [0.1, 0.15) is 0 Å². The van der Waals surface area contributed by atoms with Gasteiger partial charge in [0, 0.05) is 6.04 Å². The van der Waals surface area contributed by atoms with E-state index in [9.17, 15) is 5.11 Å². The van der Waals surface area contributed by atoms with Gasteiger partial charge in [0.15, 0.2) is 0 Å². The van der Waals surface area contributed by atoms with Crippen molar-refractivity contribution in [2.24, 2.45) is 5.41 Å². The van der Waals surface area contributed by atoms with E-state index in [0.717, 1.165) is 13.0 Å². The monoisotopic (exact) mass is 254 g/mol. The van der Waals surface area contributed by atoms with Crippen LogP contribution in [0.3, 0.4) is 0 Å². The van der Waals surface area contributed by atoms with Crippen molar-refractivity contribution < 1.29 is 5.11 Å². The Morgan fingerprint density at radius 3 is 2.33 bits per heavy atom. The number of likely N-dealkylation sites (tertiary alicyclic amines) is 1. The van der Waals surface area contributed by atoms with E-state index in [1.807, 2.05) is 7.05 Å². The molecule has 2 aliphatic rings. The van der Waals surface area contributed by atoms with Crippen molar-refractivity contribution in [1.29, 1.82) is 0 Å². The second kappa shape index (κ2) is 6.88. The third-order valence-electron chi connectivity index (χ3n) is 5.25. The minimum Gasteiger partial charge on any atom is -0.395 e. The molecule has 1 saturated carbocycles. The molecule has 0 radical (unpaired) electrons. The molecule has 1 aliphatic heterocycles. The molecule has 1 saturated heterocycles. The summed E-state index contributed by atoms with van der Waals surface area (Å²) in [6, 6.07) is 0.274. The van der Waals surface area contributed by atoms with Crippen molar-refractivity contribution >= 4 is 0 Å². The summed E-state index contributed by atoms with van der Waals surface area (Å²) >= 11 is 0. The Kier molecular flexibility index (Phi) is 5.46. The fraction of sp³-hybridized carbons (Fsp3) is 1.00. The van der Waals surface area contributed by atoms with Crippen LogP contribution in [0.5, 0.6) is 0 Å². The van der Waals surface area contributed by atoms with Gasteiger partial charge in [-0.15, -0.1) is 0 Å². The molecule has 1 spiro atoms. The lowest BCUT2D eigenvalue weighted by Crippen LogP contribution is -2.43. The van der Waals surface area contributed by atoms with E-state index in [4.69, 9.17) is 0 Å². The molecule has 2 N–H and O–H groups in total. The van der Waals surface area contributed by atoms with E-state index >= 15 is 0 Å². The van der Waals surface area contributed by atoms with Crippen LogP contribution in [0.25, 0.3) is 0 Å². The molecule has 1 aliphatic carbocycles. The predicted molar refractivity (Wildman–Crippen MR) is 75.7 cm³/mol. The van der Waals surface area contributed by atoms with Crippen LogP contribution in [0.1, 0.15) is 51.4 Å². The minimum absolute atomic E-state index is 0.258. The lowest BCUT2D eigenvalue weighted by atomic mass is 9.68. The maximum atomic E-state index is 9.17. The molecule has 2 fully saturated rings. The molecule has 1 heterocycles. The van der Waals surface area contributed by atoms with Gasteiger partial charge in [-0.2, -0.15) is 0 Å². The average Bonchev–Trinajstić information content (AvgIpc) is 2.43. The van der Waals surface area contributed by atoms with Crippen molar-refractivity contribution in [2.75, 3.05) is 33.3 Å². The molecule has 1 unspecified atom stereocenters. The first-order chi connectivity index (χ1) is 8.78. The Morgan fingerprint density at radius 1 is 1.11 bits per heavy atom. The Morgan fingerprint density at radius 2 is 1.78 bits per heavy atom. The van der Waals surface area contributed by atoms with Gasteiger partial charge in [-0.05, 0) is 64.2 Å². The average molecular weight is 254 g/mol. The van der Waals surface area contributed by atoms with Gasteiger partial charge in [0.2, 0.25) is 0 Å². The first kappa shape index (κ1) is 14.3. The van der Waals surface area contributed by atoms with Gasteiger partial charge in [-0.3, -0.25) is 0 Å². The van der Waals surface area contributed by atoms with Crippen molar-refractivity contribution in [3.8, 4) is 0 Å². The highest BCUT2D eigenvalue weighted by Crippen LogP contribution is 2.44. The molecule has 0 aromatic carbocycles. The summed E-state index contributed by atoms with van der Waals surface area (Å²) in [4.78, 5) is 2.60. The minimum atomic E-state index is 0.258. The van der Waals surface area contributed by atoms with Crippen molar-refractivity contribution in [2.45, 2.75) is 57.4 Å². The van der Waals surface area contributed by atoms with Crippen molar-refractivity contribution in [3.05, 3.63) is 0 Å². The molecule has 1 atom stereocenters. The quantitative estimate of drug-likeness (QED) is 0.788. The zero-order chi connectivity index (χ0) is 12.8. The highest BCUT2D eigenvalue weighted by Gasteiger charge is 2.35. The molecular formula is C15H30N2O. The lowest BCUT2D eigenvalue weighted by Gasteiger charge is -2.44. The van der Waals surface area contributed by atoms with Crippen LogP contribution in [0.2, 0.25) is 0 Å². The van der Waals surface area contributed by atoms with Crippen LogP contribution in [-0.4, -0.2) is 49.3 Å². The zero-order valence-electron chi connectivity index (χ0n) is 12.0. The van der Waals surface area contributed by atoms with Crippen LogP contribution in [0.4, 0.5) is 0 Å². The summed E-state index contributed by atoms with van der Waals surface area (Å²) in [5, 5.41) is 12.3. The van der Waals surface area contributed by atoms with E-state index in [1.54, 1.807) is 0 Å². The molecule has 0 bridgehead atoms. The summed E-state index contributed by atoms with van der Waals surface area (Å²) < 4.78 is 0. The number of nitrogens with zero attached hydrogens (tertiary/aromatic N) is 1. The van der Waals surface area contributed by atoms with E-state index in [2.05, 4.69) is 10.2 Å². The fourth-order valence-corrected chi connectivity index (χ4v) is 3.72. The third kappa shape index (κ3) is 3.69. The number of rotatable bonds is 5. The fourth-order valence-electron chi connectivity index (χ4n) is 3.72. The molecule has 2 rings (SSSR count). The first-order valence-electron chi connectivity index (χ1n) is 7.78. The molecule has 18 heavy (non-hydrogen) atoms. The van der Waals surface area contributed by atoms with Crippen LogP contribution in [0, 0.1) is 5.41 Å². The maximum Gasteiger partial charge on any atom is 0.0585 e. The lowest BCUT2D eigenvalue weighted by molar-refractivity contribution is 0.0646. The molecule has 0 aromatic heterocycles. The van der Waals surface area contributed by atoms with Crippen LogP contribution < -0.4 is 5.32 Å². The van der Waals surface area contributed by atoms with E-state index in [0.29, 0.717) is 5.41 Å². The standard InChI is InChI=1S/C15H30N2O/c1-16-14(13-18)5-10-17-11-8-15(9-12-17)6-3-2-4-7-15/h14,16,18H,2-13H2,1H3. The first-order valence-corrected chi connectivity index (χ1v) is 7.78. The van der Waals surface area contributed by atoms with Crippen LogP contribution >= 0.6 is 0 Å². The number of aliphatic hydroxyl groups is 1. The topological polar surface area (TPSA) is 35.5 Å². The van der Waals surface area contributed by atoms with Gasteiger partial charge in [0.25, 0.3) is 0 Å². The Hall–Kier alpha value is -0.120. The van der Waals surface area contributed by atoms with Crippen molar-refractivity contribution in [3.63, 3.8) is 0 Å². The molecule has 0 aromatic rings. The van der Waals surface area contributed by atoms with Gasteiger partial charge < -0.3 is 15.3 Å². The predicted octanol–water partition coefficient (Wildman–Crippen LogP) is 2.00. The second-order valence-corrected chi connectivity index (χ2v) is 6.36. The highest BCUT2D eigenvalue weighted by atomic mass is 16.3. The number of aliphatic hydroxyl groups excluding tert-OH is 1. The normalized spacial score (nSPS) is 26.3. The highest BCUT2D eigenvalue weighted by molar-refractivity contribution is 4.88. The number of hydrogen-bond donors (Lipinski definition) is 2. The maximum absolute atomic E-state index is 9.17. The molecule has 3 nitrogen and oxygen atoms in total. The van der Waals surface area contributed by atoms with Gasteiger partial charge >= 0.3 is 0 Å². The third-order valence-corrected chi connectivity index (χ3v) is 5.25. The number of hydrogen-bond acceptors (Lipinski definition) is 3. The largest absolute Gasteiger partial charge is 0.395 e. The van der Waals surface area contributed by atoms with Gasteiger partial charge in [-0.1, -0.05) is 19.3 Å². The van der Waals surface area contributed by atoms with Gasteiger partial charge in [0.05, 0.1) is 6.61 Å². The second-order valence-electron chi connectivity index (χ2n) is 6.36. The van der Waals surface area contributed by atoms with Crippen LogP contribution in [-0.2, 0) is 0 Å². The SMILES string of the molecule is CNC(CO)CCN1CCC2(CCCCC2)CC1. The molecule has 3 heteroatoms. The summed E-state index contributed by atoms with van der Waals surface area (Å²) in [6.45, 7) is 3.96. The van der Waals surface area contributed by atoms with E-state index < -0.39 is 0 Å².